The smallest absolute Gasteiger partial charge is 0.346 e. The standard InChI is InChI=1S/C27H27N5O5.C24H23N5O3/c1-4-36-27(35)23-24(28-14-19-10-12-21(13-11-19)31-18(3)33)22-17(2)29-16-30-25(22)32(26(23)34)37-15-20-8-6-5-7-9-20;1-16-23-21(25-13-18-8-10-20(11-9-18)28-17(2)30)12-22(31)29(24(23)27-15-26-16)32-14-19-6-4-3-5-7-19/h5-13,16,28H,4,14-15H2,1-3H3,(H,31,33);3-12,15,25H,13-14H2,1-2H3,(H,28,30). The Kier molecular flexibility index (Phi) is 15.7. The number of nitrogens with zero attached hydrogens (tertiary/aromatic N) is 6. The van der Waals surface area contributed by atoms with Crippen molar-refractivity contribution in [1.29, 1.82) is 0 Å². The van der Waals surface area contributed by atoms with E-state index in [1.165, 1.54) is 37.3 Å². The first-order valence-corrected chi connectivity index (χ1v) is 21.9. The van der Waals surface area contributed by atoms with Crippen LogP contribution in [0, 0.1) is 13.8 Å². The number of amides is 2. The second-order valence-corrected chi connectivity index (χ2v) is 15.6. The van der Waals surface area contributed by atoms with Crippen LogP contribution in [0.5, 0.6) is 0 Å². The number of aromatic nitrogens is 6. The molecule has 0 aliphatic carbocycles. The van der Waals surface area contributed by atoms with E-state index in [0.717, 1.165) is 43.8 Å². The summed E-state index contributed by atoms with van der Waals surface area (Å²) in [6.45, 7) is 9.40. The van der Waals surface area contributed by atoms with Gasteiger partial charge in [-0.2, -0.15) is 0 Å². The average Bonchev–Trinajstić information content (AvgIpc) is 3.33. The molecule has 0 bridgehead atoms. The molecule has 352 valence electrons. The molecule has 4 N–H and O–H groups in total. The summed E-state index contributed by atoms with van der Waals surface area (Å²) in [7, 11) is 0. The molecule has 69 heavy (non-hydrogen) atoms. The molecule has 0 unspecified atom stereocenters. The first kappa shape index (κ1) is 48.0. The number of rotatable bonds is 16. The maximum Gasteiger partial charge on any atom is 0.346 e. The van der Waals surface area contributed by atoms with Crippen LogP contribution in [-0.4, -0.2) is 53.8 Å². The molecular formula is C51H50N10O8. The zero-order valence-corrected chi connectivity index (χ0v) is 38.6. The Morgan fingerprint density at radius 3 is 1.57 bits per heavy atom. The molecule has 2 amide bonds. The first-order chi connectivity index (χ1) is 33.4. The summed E-state index contributed by atoms with van der Waals surface area (Å²) in [5, 5.41) is 13.2. The summed E-state index contributed by atoms with van der Waals surface area (Å²) >= 11 is 0. The largest absolute Gasteiger partial charge is 0.462 e. The monoisotopic (exact) mass is 930 g/mol. The Hall–Kier alpha value is -8.93. The Morgan fingerprint density at radius 2 is 1.06 bits per heavy atom. The summed E-state index contributed by atoms with van der Waals surface area (Å²) < 4.78 is 7.47. The van der Waals surface area contributed by atoms with Gasteiger partial charge in [-0.3, -0.25) is 19.2 Å². The van der Waals surface area contributed by atoms with E-state index < -0.39 is 11.5 Å². The molecule has 0 radical (unpaired) electrons. The maximum absolute atomic E-state index is 13.6. The van der Waals surface area contributed by atoms with E-state index in [4.69, 9.17) is 14.4 Å². The fourth-order valence-corrected chi connectivity index (χ4v) is 7.21. The van der Waals surface area contributed by atoms with E-state index in [9.17, 15) is 24.0 Å². The third kappa shape index (κ3) is 12.1. The molecule has 18 nitrogen and oxygen atoms in total. The molecule has 0 fully saturated rings. The van der Waals surface area contributed by atoms with Gasteiger partial charge in [-0.1, -0.05) is 84.9 Å². The summed E-state index contributed by atoms with van der Waals surface area (Å²) in [4.78, 5) is 90.8. The van der Waals surface area contributed by atoms with Gasteiger partial charge < -0.3 is 35.7 Å². The molecule has 0 aliphatic rings. The second kappa shape index (κ2) is 22.5. The van der Waals surface area contributed by atoms with Gasteiger partial charge in [-0.15, -0.1) is 9.46 Å². The maximum atomic E-state index is 13.6. The van der Waals surface area contributed by atoms with Crippen LogP contribution in [0.25, 0.3) is 22.1 Å². The SMILES string of the molecule is CC(=O)Nc1ccc(CNc2cc(=O)n(OCc3ccccc3)c3ncnc(C)c23)cc1.CCOC(=O)c1c(NCc2ccc(NC(C)=O)cc2)c2c(C)ncnc2n(OCc2ccccc2)c1=O. The van der Waals surface area contributed by atoms with Crippen molar-refractivity contribution in [3.63, 3.8) is 0 Å². The number of pyridine rings is 2. The number of carbonyl (C=O) groups is 3. The molecule has 4 heterocycles. The van der Waals surface area contributed by atoms with Crippen LogP contribution in [0.4, 0.5) is 22.7 Å². The molecular weight excluding hydrogens is 881 g/mol. The molecule has 4 aromatic heterocycles. The highest BCUT2D eigenvalue weighted by Gasteiger charge is 2.27. The molecule has 4 aromatic carbocycles. The van der Waals surface area contributed by atoms with Crippen molar-refractivity contribution in [3.8, 4) is 0 Å². The third-order valence-electron chi connectivity index (χ3n) is 10.4. The second-order valence-electron chi connectivity index (χ2n) is 15.6. The van der Waals surface area contributed by atoms with E-state index in [1.807, 2.05) is 104 Å². The fourth-order valence-electron chi connectivity index (χ4n) is 7.21. The van der Waals surface area contributed by atoms with Crippen LogP contribution in [0.15, 0.2) is 138 Å². The van der Waals surface area contributed by atoms with Crippen LogP contribution < -0.4 is 42.1 Å². The quantitative estimate of drug-likeness (QED) is 0.0735. The van der Waals surface area contributed by atoms with Gasteiger partial charge in [0.05, 0.1) is 40.1 Å². The number of hydrogen-bond donors (Lipinski definition) is 4. The van der Waals surface area contributed by atoms with Crippen LogP contribution in [0.3, 0.4) is 0 Å². The topological polar surface area (TPSA) is 223 Å². The van der Waals surface area contributed by atoms with Crippen molar-refractivity contribution in [2.45, 2.75) is 60.9 Å². The van der Waals surface area contributed by atoms with Crippen molar-refractivity contribution in [2.24, 2.45) is 0 Å². The van der Waals surface area contributed by atoms with Crippen molar-refractivity contribution in [1.82, 2.24) is 29.4 Å². The van der Waals surface area contributed by atoms with Crippen LogP contribution in [-0.2, 0) is 40.6 Å². The molecule has 0 spiro atoms. The van der Waals surface area contributed by atoms with Crippen LogP contribution in [0.2, 0.25) is 0 Å². The molecule has 8 aromatic rings. The summed E-state index contributed by atoms with van der Waals surface area (Å²) in [5.41, 5.74) is 6.64. The lowest BCUT2D eigenvalue weighted by molar-refractivity contribution is -0.115. The number of aryl methyl sites for hydroxylation is 2. The first-order valence-electron chi connectivity index (χ1n) is 21.9. The van der Waals surface area contributed by atoms with Gasteiger partial charge in [0, 0.05) is 44.4 Å². The van der Waals surface area contributed by atoms with Gasteiger partial charge in [0.25, 0.3) is 5.56 Å². The van der Waals surface area contributed by atoms with E-state index in [1.54, 1.807) is 26.0 Å². The Morgan fingerprint density at radius 1 is 0.580 bits per heavy atom. The third-order valence-corrected chi connectivity index (χ3v) is 10.4. The molecule has 0 aliphatic heterocycles. The van der Waals surface area contributed by atoms with Gasteiger partial charge in [0.1, 0.15) is 25.9 Å². The summed E-state index contributed by atoms with van der Waals surface area (Å²) in [5.74, 6) is -1.06. The van der Waals surface area contributed by atoms with Crippen LogP contribution >= 0.6 is 0 Å². The Bertz CT molecular complexity index is 3220. The molecule has 0 atom stereocenters. The highest BCUT2D eigenvalue weighted by molar-refractivity contribution is 6.05. The predicted octanol–water partition coefficient (Wildman–Crippen LogP) is 6.78. The number of ether oxygens (including phenoxy) is 1. The van der Waals surface area contributed by atoms with E-state index in [-0.39, 0.29) is 60.6 Å². The number of nitrogens with one attached hydrogen (secondary N) is 4. The molecule has 0 saturated carbocycles. The van der Waals surface area contributed by atoms with Crippen molar-refractivity contribution in [3.05, 3.63) is 188 Å². The van der Waals surface area contributed by atoms with Gasteiger partial charge in [-0.05, 0) is 67.3 Å². The van der Waals surface area contributed by atoms with Crippen molar-refractivity contribution in [2.75, 3.05) is 27.9 Å². The minimum absolute atomic E-state index is 0.0919. The Balaban J connectivity index is 0.000000206. The van der Waals surface area contributed by atoms with Crippen LogP contribution in [0.1, 0.15) is 64.8 Å². The van der Waals surface area contributed by atoms with Gasteiger partial charge in [0.15, 0.2) is 16.9 Å². The zero-order valence-electron chi connectivity index (χ0n) is 38.6. The highest BCUT2D eigenvalue weighted by atomic mass is 16.7. The minimum Gasteiger partial charge on any atom is -0.462 e. The lowest BCUT2D eigenvalue weighted by Gasteiger charge is -2.19. The summed E-state index contributed by atoms with van der Waals surface area (Å²) in [6, 6.07) is 35.2. The Labute approximate surface area is 396 Å². The number of hydrogen-bond acceptors (Lipinski definition) is 14. The predicted molar refractivity (Wildman–Crippen MR) is 263 cm³/mol. The van der Waals surface area contributed by atoms with Gasteiger partial charge in [-0.25, -0.2) is 24.7 Å². The average molecular weight is 931 g/mol. The number of fused-ring (bicyclic) bond motifs is 2. The normalized spacial score (nSPS) is 10.7. The molecule has 18 heteroatoms. The lowest BCUT2D eigenvalue weighted by Crippen LogP contribution is -2.34. The van der Waals surface area contributed by atoms with E-state index in [2.05, 4.69) is 41.2 Å². The molecule has 0 saturated heterocycles. The van der Waals surface area contributed by atoms with E-state index in [0.29, 0.717) is 34.6 Å². The molecule has 8 rings (SSSR count). The number of benzene rings is 4. The van der Waals surface area contributed by atoms with Gasteiger partial charge >= 0.3 is 11.5 Å². The number of esters is 1. The van der Waals surface area contributed by atoms with E-state index >= 15 is 0 Å². The van der Waals surface area contributed by atoms with Crippen molar-refractivity contribution >= 4 is 62.6 Å². The van der Waals surface area contributed by atoms with Crippen molar-refractivity contribution < 1.29 is 28.8 Å². The fraction of sp³-hybridized carbons (Fsp3) is 0.196. The minimum atomic E-state index is -0.779. The zero-order chi connectivity index (χ0) is 48.9. The summed E-state index contributed by atoms with van der Waals surface area (Å²) in [6.07, 6.45) is 2.76. The number of carbonyl (C=O) groups excluding carboxylic acids is 3. The highest BCUT2D eigenvalue weighted by Crippen LogP contribution is 2.28. The lowest BCUT2D eigenvalue weighted by atomic mass is 10.1. The number of anilines is 4. The van der Waals surface area contributed by atoms with Gasteiger partial charge in [0.2, 0.25) is 11.8 Å².